The van der Waals surface area contributed by atoms with Crippen LogP contribution in [-0.4, -0.2) is 46.1 Å². The third-order valence-electron chi connectivity index (χ3n) is 6.17. The highest BCUT2D eigenvalue weighted by atomic mass is 32.2. The van der Waals surface area contributed by atoms with E-state index < -0.39 is 38.7 Å². The summed E-state index contributed by atoms with van der Waals surface area (Å²) in [5.74, 6) is -3.17. The first-order valence-corrected chi connectivity index (χ1v) is 14.1. The van der Waals surface area contributed by atoms with E-state index in [0.717, 1.165) is 12.1 Å². The van der Waals surface area contributed by atoms with Gasteiger partial charge in [0.2, 0.25) is 21.7 Å². The summed E-state index contributed by atoms with van der Waals surface area (Å²) in [6.07, 6.45) is 8.69. The zero-order chi connectivity index (χ0) is 28.3. The van der Waals surface area contributed by atoms with E-state index in [4.69, 9.17) is 4.74 Å². The molecule has 4 aromatic heterocycles. The van der Waals surface area contributed by atoms with E-state index in [2.05, 4.69) is 19.7 Å². The Hall–Kier alpha value is -4.58. The number of aromatic amines is 1. The fourth-order valence-corrected chi connectivity index (χ4v) is 5.35. The summed E-state index contributed by atoms with van der Waals surface area (Å²) in [6, 6.07) is 10.8. The number of pyridine rings is 2. The Balaban J connectivity index is 1.40. The summed E-state index contributed by atoms with van der Waals surface area (Å²) in [4.78, 5) is 24.9. The summed E-state index contributed by atoms with van der Waals surface area (Å²) >= 11 is 0. The van der Waals surface area contributed by atoms with E-state index in [1.54, 1.807) is 37.5 Å². The first kappa shape index (κ1) is 27.0. The Morgan fingerprint density at radius 1 is 1.07 bits per heavy atom. The van der Waals surface area contributed by atoms with Crippen LogP contribution in [0.3, 0.4) is 0 Å². The average molecular weight is 566 g/mol. The monoisotopic (exact) mass is 565 g/mol. The van der Waals surface area contributed by atoms with Crippen molar-refractivity contribution >= 4 is 32.5 Å². The molecule has 9 nitrogen and oxygen atoms in total. The van der Waals surface area contributed by atoms with Crippen molar-refractivity contribution in [3.05, 3.63) is 96.2 Å². The summed E-state index contributed by atoms with van der Waals surface area (Å²) in [5, 5.41) is 0.338. The molecule has 0 radical (unpaired) electrons. The number of benzene rings is 1. The molecule has 206 valence electrons. The molecule has 0 unspecified atom stereocenters. The lowest BCUT2D eigenvalue weighted by atomic mass is 10.00. The largest absolute Gasteiger partial charge is 0.476 e. The van der Waals surface area contributed by atoms with Gasteiger partial charge >= 0.3 is 0 Å². The first-order valence-electron chi connectivity index (χ1n) is 12.5. The fraction of sp³-hybridized carbons (Fsp3) is 0.179. The third-order valence-corrected chi connectivity index (χ3v) is 7.64. The molecule has 0 bridgehead atoms. The Labute approximate surface area is 228 Å². The van der Waals surface area contributed by atoms with Crippen molar-refractivity contribution in [3.8, 4) is 17.0 Å². The highest BCUT2D eigenvalue weighted by Crippen LogP contribution is 2.30. The number of sulfonamides is 1. The molecule has 0 saturated carbocycles. The Kier molecular flexibility index (Phi) is 7.60. The van der Waals surface area contributed by atoms with E-state index in [-0.39, 0.29) is 11.3 Å². The zero-order valence-electron chi connectivity index (χ0n) is 21.4. The van der Waals surface area contributed by atoms with Gasteiger partial charge in [0.1, 0.15) is 18.1 Å². The minimum atomic E-state index is -3.86. The maximum Gasteiger partial charge on any atom is 0.232 e. The summed E-state index contributed by atoms with van der Waals surface area (Å²) in [7, 11) is -3.86. The molecule has 0 aliphatic rings. The number of ketones is 1. The second-order valence-electron chi connectivity index (χ2n) is 9.01. The number of rotatable bonds is 11. The molecule has 0 amide bonds. The van der Waals surface area contributed by atoms with Gasteiger partial charge in [-0.3, -0.25) is 9.52 Å². The van der Waals surface area contributed by atoms with Gasteiger partial charge in [-0.05, 0) is 42.8 Å². The zero-order valence-corrected chi connectivity index (χ0v) is 22.2. The van der Waals surface area contributed by atoms with Crippen molar-refractivity contribution in [1.29, 1.82) is 0 Å². The fourth-order valence-electron chi connectivity index (χ4n) is 4.22. The molecule has 0 spiro atoms. The van der Waals surface area contributed by atoms with Crippen LogP contribution in [0.5, 0.6) is 5.88 Å². The summed E-state index contributed by atoms with van der Waals surface area (Å²) in [6.45, 7) is 2.77. The lowest BCUT2D eigenvalue weighted by Gasteiger charge is -2.11. The van der Waals surface area contributed by atoms with Crippen LogP contribution in [0.25, 0.3) is 22.2 Å². The smallest absolute Gasteiger partial charge is 0.232 e. The Bertz CT molecular complexity index is 1770. The van der Waals surface area contributed by atoms with Gasteiger partial charge in [-0.1, -0.05) is 6.92 Å². The first-order chi connectivity index (χ1) is 19.3. The van der Waals surface area contributed by atoms with Crippen molar-refractivity contribution < 1.29 is 26.7 Å². The number of aromatic nitrogens is 4. The van der Waals surface area contributed by atoms with Gasteiger partial charge in [-0.15, -0.1) is 0 Å². The standard InChI is InChI=1S/C28H25F2N5O4S/c1-2-13-40(37,38)34-23-7-6-22(29)25(26(23)30)27(36)21-17-33-28-20(21)14-19(16-32-28)18-5-8-24(31-15-18)39-12-11-35-9-3-4-10-35/h3-10,14-17,34H,2,11-13H2,1H3,(H,32,33). The number of halogens is 2. The molecule has 0 aliphatic carbocycles. The molecule has 40 heavy (non-hydrogen) atoms. The van der Waals surface area contributed by atoms with Crippen molar-refractivity contribution in [1.82, 2.24) is 19.5 Å². The minimum absolute atomic E-state index is 0.0198. The van der Waals surface area contributed by atoms with Gasteiger partial charge in [-0.2, -0.15) is 0 Å². The number of nitrogens with zero attached hydrogens (tertiary/aromatic N) is 3. The van der Waals surface area contributed by atoms with Gasteiger partial charge in [0.25, 0.3) is 0 Å². The van der Waals surface area contributed by atoms with Crippen LogP contribution in [0.4, 0.5) is 14.5 Å². The SMILES string of the molecule is CCCS(=O)(=O)Nc1ccc(F)c(C(=O)c2c[nH]c3ncc(-c4ccc(OCCn5cccc5)nc4)cc23)c1F. The minimum Gasteiger partial charge on any atom is -0.476 e. The quantitative estimate of drug-likeness (QED) is 0.214. The maximum atomic E-state index is 15.3. The van der Waals surface area contributed by atoms with Gasteiger partial charge in [-0.25, -0.2) is 27.2 Å². The van der Waals surface area contributed by atoms with Crippen LogP contribution in [0.2, 0.25) is 0 Å². The van der Waals surface area contributed by atoms with Gasteiger partial charge in [0, 0.05) is 59.1 Å². The normalized spacial score (nSPS) is 11.6. The average Bonchev–Trinajstić information content (AvgIpc) is 3.60. The topological polar surface area (TPSA) is 119 Å². The second kappa shape index (κ2) is 11.3. The van der Waals surface area contributed by atoms with Crippen molar-refractivity contribution in [2.45, 2.75) is 19.9 Å². The van der Waals surface area contributed by atoms with Crippen molar-refractivity contribution in [3.63, 3.8) is 0 Å². The predicted octanol–water partition coefficient (Wildman–Crippen LogP) is 5.17. The van der Waals surface area contributed by atoms with E-state index in [1.165, 1.54) is 6.20 Å². The number of hydrogen-bond acceptors (Lipinski definition) is 6. The van der Waals surface area contributed by atoms with Crippen molar-refractivity contribution in [2.24, 2.45) is 0 Å². The van der Waals surface area contributed by atoms with Gasteiger partial charge in [0.15, 0.2) is 5.82 Å². The summed E-state index contributed by atoms with van der Waals surface area (Å²) < 4.78 is 64.0. The Morgan fingerprint density at radius 3 is 2.58 bits per heavy atom. The van der Waals surface area contributed by atoms with E-state index in [0.29, 0.717) is 47.6 Å². The molecular formula is C28H25F2N5O4S. The molecule has 0 atom stereocenters. The lowest BCUT2D eigenvalue weighted by molar-refractivity contribution is 0.103. The number of anilines is 1. The van der Waals surface area contributed by atoms with Crippen LogP contribution in [0.15, 0.2) is 73.4 Å². The number of fused-ring (bicyclic) bond motifs is 1. The highest BCUT2D eigenvalue weighted by Gasteiger charge is 2.26. The molecule has 5 aromatic rings. The van der Waals surface area contributed by atoms with E-state index in [1.807, 2.05) is 29.1 Å². The molecule has 4 heterocycles. The van der Waals surface area contributed by atoms with Crippen LogP contribution < -0.4 is 9.46 Å². The molecule has 0 aliphatic heterocycles. The number of carbonyl (C=O) groups is 1. The molecule has 0 saturated heterocycles. The van der Waals surface area contributed by atoms with E-state index in [9.17, 15) is 17.6 Å². The molecule has 1 aromatic carbocycles. The molecule has 5 rings (SSSR count). The molecular weight excluding hydrogens is 540 g/mol. The summed E-state index contributed by atoms with van der Waals surface area (Å²) in [5.41, 5.74) is 0.259. The number of ether oxygens (including phenoxy) is 1. The van der Waals surface area contributed by atoms with Gasteiger partial charge in [0.05, 0.1) is 23.5 Å². The molecule has 12 heteroatoms. The number of nitrogens with one attached hydrogen (secondary N) is 2. The number of H-pyrrole nitrogens is 1. The van der Waals surface area contributed by atoms with Crippen LogP contribution in [0.1, 0.15) is 29.3 Å². The maximum absolute atomic E-state index is 15.3. The van der Waals surface area contributed by atoms with Gasteiger partial charge < -0.3 is 14.3 Å². The van der Waals surface area contributed by atoms with Crippen LogP contribution in [-0.2, 0) is 16.6 Å². The third kappa shape index (κ3) is 5.71. The predicted molar refractivity (Wildman–Crippen MR) is 147 cm³/mol. The molecule has 2 N–H and O–H groups in total. The van der Waals surface area contributed by atoms with Crippen molar-refractivity contribution in [2.75, 3.05) is 17.1 Å². The number of hydrogen-bond donors (Lipinski definition) is 2. The van der Waals surface area contributed by atoms with Crippen LogP contribution >= 0.6 is 0 Å². The Morgan fingerprint density at radius 2 is 1.85 bits per heavy atom. The molecule has 0 fully saturated rings. The van der Waals surface area contributed by atoms with E-state index >= 15 is 4.39 Å². The van der Waals surface area contributed by atoms with Crippen LogP contribution in [0, 0.1) is 11.6 Å². The lowest BCUT2D eigenvalue weighted by Crippen LogP contribution is -2.18. The second-order valence-corrected chi connectivity index (χ2v) is 10.9. The number of carbonyl (C=O) groups excluding carboxylic acids is 1. The highest BCUT2D eigenvalue weighted by molar-refractivity contribution is 7.92.